The summed E-state index contributed by atoms with van der Waals surface area (Å²) >= 11 is 0. The Balaban J connectivity index is 3.58. The number of amides is 1. The summed E-state index contributed by atoms with van der Waals surface area (Å²) in [5.41, 5.74) is 0.420. The van der Waals surface area contributed by atoms with Crippen molar-refractivity contribution in [1.29, 1.82) is 0 Å². The predicted octanol–water partition coefficient (Wildman–Crippen LogP) is 0.849. The molecule has 1 N–H and O–H groups in total. The molecule has 118 valence electrons. The normalized spacial score (nSPS) is 10.9. The number of nitrogens with zero attached hydrogens (tertiary/aromatic N) is 1. The summed E-state index contributed by atoms with van der Waals surface area (Å²) in [4.78, 5) is 12.0. The van der Waals surface area contributed by atoms with Crippen molar-refractivity contribution in [3.63, 3.8) is 0 Å². The second-order valence-corrected chi connectivity index (χ2v) is 6.46. The Kier molecular flexibility index (Phi) is 5.42. The molecule has 0 spiro atoms. The molecule has 0 fully saturated rings. The van der Waals surface area contributed by atoms with Crippen LogP contribution in [-0.2, 0) is 10.0 Å². The zero-order valence-corrected chi connectivity index (χ0v) is 13.6. The van der Waals surface area contributed by atoms with E-state index in [-0.39, 0.29) is 17.0 Å². The highest BCUT2D eigenvalue weighted by Gasteiger charge is 2.24. The maximum absolute atomic E-state index is 12.0. The van der Waals surface area contributed by atoms with Crippen molar-refractivity contribution in [3.8, 4) is 11.5 Å². The van der Waals surface area contributed by atoms with E-state index in [1.807, 2.05) is 0 Å². The lowest BCUT2D eigenvalue weighted by Gasteiger charge is -2.22. The minimum atomic E-state index is -3.50. The predicted molar refractivity (Wildman–Crippen MR) is 80.8 cm³/mol. The zero-order valence-electron chi connectivity index (χ0n) is 12.8. The first-order chi connectivity index (χ1) is 9.82. The van der Waals surface area contributed by atoms with Crippen LogP contribution in [0.4, 0.5) is 5.69 Å². The number of sulfonamides is 1. The number of carbonyl (C=O) groups is 1. The Labute approximate surface area is 124 Å². The molecular weight excluding hydrogens is 296 g/mol. The first kappa shape index (κ1) is 17.1. The van der Waals surface area contributed by atoms with E-state index in [9.17, 15) is 13.2 Å². The highest BCUT2D eigenvalue weighted by Crippen LogP contribution is 2.35. The SMILES string of the molecule is CCS(=O)(=O)N(C)c1cc(OC)c(OC)cc1C(=O)NC. The first-order valence-corrected chi connectivity index (χ1v) is 7.88. The van der Waals surface area contributed by atoms with E-state index < -0.39 is 15.9 Å². The average molecular weight is 316 g/mol. The lowest BCUT2D eigenvalue weighted by molar-refractivity contribution is 0.0963. The Morgan fingerprint density at radius 3 is 2.19 bits per heavy atom. The van der Waals surface area contributed by atoms with Crippen molar-refractivity contribution in [2.45, 2.75) is 6.92 Å². The van der Waals surface area contributed by atoms with Gasteiger partial charge >= 0.3 is 0 Å². The minimum absolute atomic E-state index is 0.0783. The van der Waals surface area contributed by atoms with Crippen molar-refractivity contribution in [3.05, 3.63) is 17.7 Å². The summed E-state index contributed by atoms with van der Waals surface area (Å²) in [5.74, 6) is 0.204. The molecule has 0 saturated heterocycles. The van der Waals surface area contributed by atoms with Gasteiger partial charge in [0.2, 0.25) is 10.0 Å². The van der Waals surface area contributed by atoms with Crippen LogP contribution in [0.15, 0.2) is 12.1 Å². The highest BCUT2D eigenvalue weighted by molar-refractivity contribution is 7.92. The van der Waals surface area contributed by atoms with Crippen LogP contribution in [-0.4, -0.2) is 48.4 Å². The van der Waals surface area contributed by atoms with Gasteiger partial charge in [0.05, 0.1) is 31.2 Å². The van der Waals surface area contributed by atoms with Crippen LogP contribution in [0, 0.1) is 0 Å². The molecule has 8 heteroatoms. The van der Waals surface area contributed by atoms with Gasteiger partial charge in [0.25, 0.3) is 5.91 Å². The molecule has 1 aromatic rings. The molecule has 0 saturated carbocycles. The Morgan fingerprint density at radius 1 is 1.24 bits per heavy atom. The van der Waals surface area contributed by atoms with Crippen LogP contribution in [0.5, 0.6) is 11.5 Å². The summed E-state index contributed by atoms with van der Waals surface area (Å²) < 4.78 is 35.5. The van der Waals surface area contributed by atoms with E-state index >= 15 is 0 Å². The van der Waals surface area contributed by atoms with Crippen molar-refractivity contribution in [2.24, 2.45) is 0 Å². The Bertz CT molecular complexity index is 628. The topological polar surface area (TPSA) is 84.9 Å². The third-order valence-corrected chi connectivity index (χ3v) is 4.86. The van der Waals surface area contributed by atoms with E-state index in [1.165, 1.54) is 47.4 Å². The van der Waals surface area contributed by atoms with Crippen molar-refractivity contribution >= 4 is 21.6 Å². The number of benzene rings is 1. The number of methoxy groups -OCH3 is 2. The molecule has 0 aromatic heterocycles. The third kappa shape index (κ3) is 3.38. The van der Waals surface area contributed by atoms with Crippen LogP contribution in [0.3, 0.4) is 0 Å². The van der Waals surface area contributed by atoms with Gasteiger partial charge in [0.15, 0.2) is 11.5 Å². The van der Waals surface area contributed by atoms with Gasteiger partial charge in [-0.1, -0.05) is 0 Å². The zero-order chi connectivity index (χ0) is 16.2. The molecule has 0 aliphatic rings. The van der Waals surface area contributed by atoms with Gasteiger partial charge in [-0.25, -0.2) is 8.42 Å². The second kappa shape index (κ2) is 6.66. The molecule has 0 unspecified atom stereocenters. The van der Waals surface area contributed by atoms with Gasteiger partial charge in [-0.3, -0.25) is 9.10 Å². The number of hydrogen-bond donors (Lipinski definition) is 1. The van der Waals surface area contributed by atoms with Crippen molar-refractivity contribution < 1.29 is 22.7 Å². The average Bonchev–Trinajstić information content (AvgIpc) is 2.51. The number of rotatable bonds is 6. The van der Waals surface area contributed by atoms with Crippen LogP contribution < -0.4 is 19.1 Å². The number of anilines is 1. The monoisotopic (exact) mass is 316 g/mol. The van der Waals surface area contributed by atoms with Gasteiger partial charge in [0, 0.05) is 20.2 Å². The molecule has 0 bridgehead atoms. The molecule has 0 atom stereocenters. The molecule has 1 rings (SSSR count). The molecule has 7 nitrogen and oxygen atoms in total. The fourth-order valence-electron chi connectivity index (χ4n) is 1.79. The number of hydrogen-bond acceptors (Lipinski definition) is 5. The summed E-state index contributed by atoms with van der Waals surface area (Å²) in [6.07, 6.45) is 0. The van der Waals surface area contributed by atoms with E-state index in [1.54, 1.807) is 0 Å². The third-order valence-electron chi connectivity index (χ3n) is 3.09. The van der Waals surface area contributed by atoms with E-state index in [4.69, 9.17) is 9.47 Å². The summed E-state index contributed by atoms with van der Waals surface area (Å²) in [7, 11) is 2.24. The quantitative estimate of drug-likeness (QED) is 0.841. The van der Waals surface area contributed by atoms with Gasteiger partial charge in [-0.05, 0) is 13.0 Å². The van der Waals surface area contributed by atoms with Crippen LogP contribution >= 0.6 is 0 Å². The molecule has 1 aromatic carbocycles. The molecule has 21 heavy (non-hydrogen) atoms. The number of nitrogens with one attached hydrogen (secondary N) is 1. The standard InChI is InChI=1S/C13H20N2O5S/c1-6-21(17,18)15(3)10-8-12(20-5)11(19-4)7-9(10)13(16)14-2/h7-8H,6H2,1-5H3,(H,14,16). The van der Waals surface area contributed by atoms with Gasteiger partial charge < -0.3 is 14.8 Å². The summed E-state index contributed by atoms with van der Waals surface area (Å²) in [6, 6.07) is 2.92. The fourth-order valence-corrected chi connectivity index (χ4v) is 2.63. The minimum Gasteiger partial charge on any atom is -0.493 e. The molecule has 1 amide bonds. The van der Waals surface area contributed by atoms with Gasteiger partial charge in [-0.2, -0.15) is 0 Å². The maximum Gasteiger partial charge on any atom is 0.253 e. The Morgan fingerprint density at radius 2 is 1.76 bits per heavy atom. The second-order valence-electron chi connectivity index (χ2n) is 4.17. The van der Waals surface area contributed by atoms with Crippen LogP contribution in [0.1, 0.15) is 17.3 Å². The molecule has 0 heterocycles. The van der Waals surface area contributed by atoms with E-state index in [0.29, 0.717) is 11.5 Å². The lowest BCUT2D eigenvalue weighted by Crippen LogP contribution is -2.31. The molecule has 0 aliphatic carbocycles. The number of carbonyl (C=O) groups excluding carboxylic acids is 1. The summed E-state index contributed by atoms with van der Waals surface area (Å²) in [5, 5.41) is 2.48. The van der Waals surface area contributed by atoms with Crippen LogP contribution in [0.2, 0.25) is 0 Å². The largest absolute Gasteiger partial charge is 0.493 e. The van der Waals surface area contributed by atoms with E-state index in [2.05, 4.69) is 5.32 Å². The molecule has 0 radical (unpaired) electrons. The number of ether oxygens (including phenoxy) is 2. The van der Waals surface area contributed by atoms with Gasteiger partial charge in [0.1, 0.15) is 0 Å². The highest BCUT2D eigenvalue weighted by atomic mass is 32.2. The maximum atomic E-state index is 12.0. The van der Waals surface area contributed by atoms with Crippen molar-refractivity contribution in [1.82, 2.24) is 5.32 Å². The van der Waals surface area contributed by atoms with E-state index in [0.717, 1.165) is 4.31 Å². The molecule has 0 aliphatic heterocycles. The summed E-state index contributed by atoms with van der Waals surface area (Å²) in [6.45, 7) is 1.53. The van der Waals surface area contributed by atoms with Gasteiger partial charge in [-0.15, -0.1) is 0 Å². The first-order valence-electron chi connectivity index (χ1n) is 6.27. The molecular formula is C13H20N2O5S. The lowest BCUT2D eigenvalue weighted by atomic mass is 10.1. The van der Waals surface area contributed by atoms with Crippen LogP contribution in [0.25, 0.3) is 0 Å². The fraction of sp³-hybridized carbons (Fsp3) is 0.462. The smallest absolute Gasteiger partial charge is 0.253 e. The van der Waals surface area contributed by atoms with Crippen molar-refractivity contribution in [2.75, 3.05) is 38.4 Å². The Hall–Kier alpha value is -1.96.